The van der Waals surface area contributed by atoms with Crippen LogP contribution in [-0.2, 0) is 23.6 Å². The molecule has 132 valence electrons. The third kappa shape index (κ3) is 4.56. The minimum Gasteiger partial charge on any atom is -1.00 e. The molecule has 0 spiro atoms. The van der Waals surface area contributed by atoms with Crippen LogP contribution in [0.2, 0.25) is 0 Å². The normalized spacial score (nSPS) is 11.8. The molecule has 2 aromatic rings. The van der Waals surface area contributed by atoms with E-state index in [1.54, 1.807) is 37.4 Å². The van der Waals surface area contributed by atoms with Crippen LogP contribution in [0.1, 0.15) is 12.2 Å². The van der Waals surface area contributed by atoms with Gasteiger partial charge in [0.15, 0.2) is 6.21 Å². The van der Waals surface area contributed by atoms with E-state index >= 15 is 0 Å². The number of hydrogen-bond acceptors (Lipinski definition) is 4. The van der Waals surface area contributed by atoms with Crippen molar-refractivity contribution in [2.45, 2.75) is 17.9 Å². The van der Waals surface area contributed by atoms with Crippen molar-refractivity contribution in [1.29, 1.82) is 0 Å². The quantitative estimate of drug-likeness (QED) is 0.260. The van der Waals surface area contributed by atoms with E-state index in [9.17, 15) is 8.42 Å². The van der Waals surface area contributed by atoms with E-state index in [-0.39, 0.29) is 12.4 Å². The highest BCUT2D eigenvalue weighted by atomic mass is 35.5. The van der Waals surface area contributed by atoms with Crippen molar-refractivity contribution in [3.63, 3.8) is 0 Å². The Balaban J connectivity index is 0.00000288. The summed E-state index contributed by atoms with van der Waals surface area (Å²) in [5.41, 5.74) is 0. The van der Waals surface area contributed by atoms with E-state index in [2.05, 4.69) is 5.16 Å². The molecule has 1 aromatic carbocycles. The van der Waals surface area contributed by atoms with Gasteiger partial charge in [0.1, 0.15) is 12.4 Å². The van der Waals surface area contributed by atoms with Crippen molar-refractivity contribution < 1.29 is 30.6 Å². The molecule has 0 saturated heterocycles. The van der Waals surface area contributed by atoms with Crippen LogP contribution < -0.4 is 17.0 Å². The number of aromatic nitrogens is 2. The Morgan fingerprint density at radius 3 is 2.62 bits per heavy atom. The molecular weight excluding hydrogens is 352 g/mol. The number of aryl methyl sites for hydroxylation is 2. The smallest absolute Gasteiger partial charge is 0.303 e. The van der Waals surface area contributed by atoms with Gasteiger partial charge in [0.05, 0.1) is 18.5 Å². The summed E-state index contributed by atoms with van der Waals surface area (Å²) in [6, 6.07) is 8.39. The number of nitrogens with zero attached hydrogens (tertiary/aromatic N) is 4. The Bertz CT molecular complexity index is 775. The SMILES string of the molecule is CN(CCCn1cc[n+](C)c1/C=N/O)S(=O)(=O)c1ccccc1.[Cl-]. The van der Waals surface area contributed by atoms with Crippen LogP contribution >= 0.6 is 0 Å². The van der Waals surface area contributed by atoms with Gasteiger partial charge in [-0.2, -0.15) is 0 Å². The van der Waals surface area contributed by atoms with Gasteiger partial charge in [-0.05, 0) is 18.6 Å². The van der Waals surface area contributed by atoms with Gasteiger partial charge in [0.25, 0.3) is 0 Å². The minimum absolute atomic E-state index is 0. The molecule has 7 nitrogen and oxygen atoms in total. The van der Waals surface area contributed by atoms with Crippen LogP contribution in [0.25, 0.3) is 0 Å². The Hall–Kier alpha value is -1.90. The number of rotatable bonds is 7. The first kappa shape index (κ1) is 20.1. The summed E-state index contributed by atoms with van der Waals surface area (Å²) in [4.78, 5) is 0.294. The van der Waals surface area contributed by atoms with Crippen LogP contribution in [0.15, 0.2) is 52.8 Å². The van der Waals surface area contributed by atoms with E-state index in [1.165, 1.54) is 10.5 Å². The lowest BCUT2D eigenvalue weighted by atomic mass is 10.4. The minimum atomic E-state index is -3.46. The van der Waals surface area contributed by atoms with Gasteiger partial charge in [-0.25, -0.2) is 21.9 Å². The van der Waals surface area contributed by atoms with E-state index < -0.39 is 10.0 Å². The van der Waals surface area contributed by atoms with Crippen LogP contribution in [0.5, 0.6) is 0 Å². The van der Waals surface area contributed by atoms with E-state index in [4.69, 9.17) is 5.21 Å². The lowest BCUT2D eigenvalue weighted by Gasteiger charge is -2.16. The molecule has 1 heterocycles. The molecule has 0 saturated carbocycles. The number of benzene rings is 1. The topological polar surface area (TPSA) is 78.8 Å². The van der Waals surface area contributed by atoms with Crippen molar-refractivity contribution in [2.24, 2.45) is 12.2 Å². The zero-order valence-electron chi connectivity index (χ0n) is 13.6. The molecule has 0 aliphatic rings. The van der Waals surface area contributed by atoms with Gasteiger partial charge < -0.3 is 17.6 Å². The average Bonchev–Trinajstić information content (AvgIpc) is 2.89. The molecule has 0 atom stereocenters. The summed E-state index contributed by atoms with van der Waals surface area (Å²) in [5, 5.41) is 11.7. The molecule has 0 aliphatic heterocycles. The standard InChI is InChI=1S/C15H20N4O3S.ClH/c1-17-11-12-19(15(17)13-16-20)10-6-9-18(2)23(21,22)14-7-4-3-5-8-14;/h3-5,7-8,11-13H,6,9-10H2,1-2H3;1H. The Kier molecular flexibility index (Phi) is 7.40. The Morgan fingerprint density at radius 1 is 1.33 bits per heavy atom. The molecule has 0 bridgehead atoms. The van der Waals surface area contributed by atoms with Crippen LogP contribution in [0, 0.1) is 0 Å². The largest absolute Gasteiger partial charge is 1.00 e. The third-order valence-electron chi connectivity index (χ3n) is 3.62. The molecule has 9 heteroatoms. The molecule has 0 amide bonds. The lowest BCUT2D eigenvalue weighted by molar-refractivity contribution is -0.671. The van der Waals surface area contributed by atoms with Crippen molar-refractivity contribution in [2.75, 3.05) is 13.6 Å². The molecule has 2 rings (SSSR count). The maximum absolute atomic E-state index is 12.4. The van der Waals surface area contributed by atoms with Crippen molar-refractivity contribution in [3.8, 4) is 0 Å². The summed E-state index contributed by atoms with van der Waals surface area (Å²) in [7, 11) is -0.0318. The highest BCUT2D eigenvalue weighted by Crippen LogP contribution is 2.13. The summed E-state index contributed by atoms with van der Waals surface area (Å²) in [5.74, 6) is 0.737. The second-order valence-corrected chi connectivity index (χ2v) is 7.24. The van der Waals surface area contributed by atoms with Gasteiger partial charge in [-0.1, -0.05) is 23.4 Å². The molecule has 24 heavy (non-hydrogen) atoms. The number of oxime groups is 1. The fourth-order valence-electron chi connectivity index (χ4n) is 2.30. The van der Waals surface area contributed by atoms with Crippen LogP contribution in [0.3, 0.4) is 0 Å². The van der Waals surface area contributed by atoms with Gasteiger partial charge in [-0.3, -0.25) is 0 Å². The van der Waals surface area contributed by atoms with Crippen molar-refractivity contribution in [3.05, 3.63) is 48.5 Å². The molecule has 1 aromatic heterocycles. The predicted molar refractivity (Wildman–Crippen MR) is 85.9 cm³/mol. The van der Waals surface area contributed by atoms with Gasteiger partial charge in [-0.15, -0.1) is 0 Å². The first-order valence-electron chi connectivity index (χ1n) is 7.20. The van der Waals surface area contributed by atoms with Gasteiger partial charge >= 0.3 is 5.82 Å². The van der Waals surface area contributed by atoms with Crippen LogP contribution in [0.4, 0.5) is 0 Å². The summed E-state index contributed by atoms with van der Waals surface area (Å²) in [6.07, 6.45) is 5.71. The highest BCUT2D eigenvalue weighted by Gasteiger charge is 2.20. The second-order valence-electron chi connectivity index (χ2n) is 5.20. The summed E-state index contributed by atoms with van der Waals surface area (Å²) < 4.78 is 29.9. The molecule has 1 N–H and O–H groups in total. The van der Waals surface area contributed by atoms with Crippen LogP contribution in [-0.4, -0.2) is 42.3 Å². The van der Waals surface area contributed by atoms with Gasteiger partial charge in [0.2, 0.25) is 10.0 Å². The molecular formula is C15H21ClN4O3S. The molecule has 0 aliphatic carbocycles. The van der Waals surface area contributed by atoms with Crippen molar-refractivity contribution >= 4 is 16.2 Å². The fraction of sp³-hybridized carbons (Fsp3) is 0.333. The van der Waals surface area contributed by atoms with Crippen molar-refractivity contribution in [1.82, 2.24) is 8.87 Å². The van der Waals surface area contributed by atoms with E-state index in [0.717, 1.165) is 5.82 Å². The first-order valence-corrected chi connectivity index (χ1v) is 8.64. The number of imidazole rings is 1. The Labute approximate surface area is 148 Å². The molecule has 0 unspecified atom stereocenters. The molecule has 0 radical (unpaired) electrons. The number of sulfonamides is 1. The predicted octanol–water partition coefficient (Wildman–Crippen LogP) is -2.16. The third-order valence-corrected chi connectivity index (χ3v) is 5.49. The zero-order chi connectivity index (χ0) is 16.9. The van der Waals surface area contributed by atoms with E-state index in [0.29, 0.717) is 24.4 Å². The van der Waals surface area contributed by atoms with E-state index in [1.807, 2.05) is 28.6 Å². The van der Waals surface area contributed by atoms with Gasteiger partial charge in [0, 0.05) is 13.6 Å². The monoisotopic (exact) mass is 372 g/mol. The first-order chi connectivity index (χ1) is 11.0. The Morgan fingerprint density at radius 2 is 2.00 bits per heavy atom. The zero-order valence-corrected chi connectivity index (χ0v) is 15.2. The average molecular weight is 373 g/mol. The fourth-order valence-corrected chi connectivity index (χ4v) is 3.53. The summed E-state index contributed by atoms with van der Waals surface area (Å²) in [6.45, 7) is 1.02. The second kappa shape index (κ2) is 8.81. The number of hydrogen-bond donors (Lipinski definition) is 1. The maximum atomic E-state index is 12.4. The molecule has 0 fully saturated rings. The maximum Gasteiger partial charge on any atom is 0.303 e. The lowest BCUT2D eigenvalue weighted by Crippen LogP contribution is -3.00. The summed E-state index contributed by atoms with van der Waals surface area (Å²) >= 11 is 0. The number of halogens is 1. The highest BCUT2D eigenvalue weighted by molar-refractivity contribution is 7.89.